The highest BCUT2D eigenvalue weighted by Crippen LogP contribution is 2.24. The smallest absolute Gasteiger partial charge is 0.485 e. The van der Waals surface area contributed by atoms with Crippen LogP contribution < -0.4 is 9.88 Å². The number of pyridine rings is 1. The van der Waals surface area contributed by atoms with Gasteiger partial charge in [-0.2, -0.15) is 17.7 Å². The number of alkyl halides is 3. The van der Waals surface area contributed by atoms with E-state index in [4.69, 9.17) is 13.0 Å². The summed E-state index contributed by atoms with van der Waals surface area (Å²) in [6.45, 7) is 0.486. The van der Waals surface area contributed by atoms with Crippen LogP contribution in [-0.4, -0.2) is 53.9 Å². The standard InChI is InChI=1S/C20H22N4O7.CHF3O3S/c1-31-19(25)6-4-2-3-5-11-21-20(26)15-9-12-22(13-10-15)17-8-7-16(23(27)28)14-18(17)24(29)30;2-1(3,4)8(5,6)7/h7-10,12-14H,2-6,11H2,1H3;(H,5,6,7). The molecule has 14 nitrogen and oxygen atoms in total. The molecule has 1 N–H and O–H groups in total. The van der Waals surface area contributed by atoms with E-state index in [0.717, 1.165) is 31.7 Å². The molecule has 0 aliphatic heterocycles. The van der Waals surface area contributed by atoms with E-state index in [1.54, 1.807) is 0 Å². The van der Waals surface area contributed by atoms with Gasteiger partial charge in [0.25, 0.3) is 17.3 Å². The first-order valence-electron chi connectivity index (χ1n) is 10.9. The topological polar surface area (TPSA) is 203 Å². The molecule has 2 aromatic rings. The molecular formula is C21H23F3N4O10S. The van der Waals surface area contributed by atoms with Gasteiger partial charge in [-0.1, -0.05) is 12.8 Å². The fourth-order valence-corrected chi connectivity index (χ4v) is 2.88. The first kappa shape index (κ1) is 32.8. The Bertz CT molecular complexity index is 1290. The van der Waals surface area contributed by atoms with Gasteiger partial charge in [-0.15, -0.1) is 0 Å². The SMILES string of the molecule is COC(=O)CCCCCCNC(=O)c1cc[n+](-c2ccc([N+](=O)[O-])cc2[N+](=O)[O-])cc1.O=S(=O)([O-])C(F)(F)F. The number of rotatable bonds is 11. The number of benzene rings is 1. The zero-order valence-corrected chi connectivity index (χ0v) is 21.1. The van der Waals surface area contributed by atoms with Crippen LogP contribution in [0.5, 0.6) is 0 Å². The lowest BCUT2D eigenvalue weighted by Crippen LogP contribution is -2.32. The summed E-state index contributed by atoms with van der Waals surface area (Å²) in [5.74, 6) is -0.506. The summed E-state index contributed by atoms with van der Waals surface area (Å²) in [4.78, 5) is 44.0. The van der Waals surface area contributed by atoms with Crippen molar-refractivity contribution in [2.24, 2.45) is 0 Å². The van der Waals surface area contributed by atoms with Crippen LogP contribution in [0.2, 0.25) is 0 Å². The highest BCUT2D eigenvalue weighted by molar-refractivity contribution is 7.86. The lowest BCUT2D eigenvalue weighted by Gasteiger charge is -2.08. The summed E-state index contributed by atoms with van der Waals surface area (Å²) in [7, 11) is -4.73. The van der Waals surface area contributed by atoms with Gasteiger partial charge >= 0.3 is 17.2 Å². The summed E-state index contributed by atoms with van der Waals surface area (Å²) >= 11 is 0. The quantitative estimate of drug-likeness (QED) is 0.0783. The molecule has 0 fully saturated rings. The van der Waals surface area contributed by atoms with Crippen LogP contribution in [0.1, 0.15) is 42.5 Å². The maximum atomic E-state index is 12.2. The number of aromatic nitrogens is 1. The molecule has 0 saturated carbocycles. The number of carbonyl (C=O) groups excluding carboxylic acids is 2. The third-order valence-corrected chi connectivity index (χ3v) is 5.41. The van der Waals surface area contributed by atoms with E-state index in [1.165, 1.54) is 48.3 Å². The average Bonchev–Trinajstić information content (AvgIpc) is 2.86. The first-order chi connectivity index (χ1) is 18.1. The molecule has 1 heterocycles. The number of nitro groups is 2. The van der Waals surface area contributed by atoms with Gasteiger partial charge in [0, 0.05) is 37.2 Å². The fraction of sp³-hybridized carbons (Fsp3) is 0.381. The van der Waals surface area contributed by atoms with E-state index < -0.39 is 31.2 Å². The molecule has 1 aromatic heterocycles. The minimum Gasteiger partial charge on any atom is -0.741 e. The second kappa shape index (κ2) is 14.7. The van der Waals surface area contributed by atoms with Gasteiger partial charge in [0.2, 0.25) is 0 Å². The normalized spacial score (nSPS) is 11.1. The Kier molecular flexibility index (Phi) is 12.4. The number of nitrogens with zero attached hydrogens (tertiary/aromatic N) is 3. The molecule has 0 atom stereocenters. The summed E-state index contributed by atoms with van der Waals surface area (Å²) in [5.41, 5.74) is -5.91. The van der Waals surface area contributed by atoms with Crippen LogP contribution >= 0.6 is 0 Å². The molecule has 2 rings (SSSR count). The fourth-order valence-electron chi connectivity index (χ4n) is 2.88. The van der Waals surface area contributed by atoms with Crippen molar-refractivity contribution in [3.8, 4) is 5.69 Å². The molecular weight excluding hydrogens is 557 g/mol. The van der Waals surface area contributed by atoms with Crippen molar-refractivity contribution in [3.05, 3.63) is 68.5 Å². The Morgan fingerprint density at radius 1 is 1.00 bits per heavy atom. The lowest BCUT2D eigenvalue weighted by atomic mass is 10.1. The summed E-state index contributed by atoms with van der Waals surface area (Å²) in [6, 6.07) is 6.39. The maximum Gasteiger partial charge on any atom is 0.485 e. The molecule has 0 radical (unpaired) electrons. The number of hydrogen-bond acceptors (Lipinski definition) is 10. The highest BCUT2D eigenvalue weighted by atomic mass is 32.2. The number of ether oxygens (including phenoxy) is 1. The predicted octanol–water partition coefficient (Wildman–Crippen LogP) is 2.68. The Balaban J connectivity index is 0.000000824. The van der Waals surface area contributed by atoms with Crippen molar-refractivity contribution >= 4 is 33.4 Å². The second-order valence-corrected chi connectivity index (χ2v) is 8.95. The summed E-state index contributed by atoms with van der Waals surface area (Å²) < 4.78 is 64.9. The molecule has 214 valence electrons. The highest BCUT2D eigenvalue weighted by Gasteiger charge is 2.37. The zero-order chi connectivity index (χ0) is 29.8. The van der Waals surface area contributed by atoms with Crippen LogP contribution in [0.4, 0.5) is 24.5 Å². The largest absolute Gasteiger partial charge is 0.741 e. The minimum atomic E-state index is -6.09. The van der Waals surface area contributed by atoms with Crippen molar-refractivity contribution < 1.29 is 54.9 Å². The molecule has 0 spiro atoms. The third-order valence-electron chi connectivity index (χ3n) is 4.84. The van der Waals surface area contributed by atoms with Crippen molar-refractivity contribution in [1.29, 1.82) is 0 Å². The van der Waals surface area contributed by atoms with Gasteiger partial charge in [0.1, 0.15) is 6.07 Å². The molecule has 0 unspecified atom stereocenters. The molecule has 18 heteroatoms. The van der Waals surface area contributed by atoms with Crippen LogP contribution in [0.15, 0.2) is 42.7 Å². The number of unbranched alkanes of at least 4 members (excludes halogenated alkanes) is 3. The number of halogens is 3. The van der Waals surface area contributed by atoms with Crippen molar-refractivity contribution in [2.45, 2.75) is 37.6 Å². The Labute approximate surface area is 219 Å². The monoisotopic (exact) mass is 580 g/mol. The second-order valence-electron chi connectivity index (χ2n) is 7.58. The van der Waals surface area contributed by atoms with Gasteiger partial charge in [-0.25, -0.2) is 8.42 Å². The van der Waals surface area contributed by atoms with Gasteiger partial charge in [-0.3, -0.25) is 29.8 Å². The van der Waals surface area contributed by atoms with Gasteiger partial charge < -0.3 is 14.6 Å². The summed E-state index contributed by atoms with van der Waals surface area (Å²) in [5, 5.41) is 24.9. The molecule has 1 amide bonds. The number of amides is 1. The number of hydrogen-bond donors (Lipinski definition) is 1. The molecule has 0 saturated heterocycles. The molecule has 0 bridgehead atoms. The average molecular weight is 580 g/mol. The Hall–Kier alpha value is -4.19. The van der Waals surface area contributed by atoms with Crippen molar-refractivity contribution in [1.82, 2.24) is 5.32 Å². The third kappa shape index (κ3) is 11.0. The van der Waals surface area contributed by atoms with Crippen LogP contribution in [0.25, 0.3) is 5.69 Å². The predicted molar refractivity (Wildman–Crippen MR) is 124 cm³/mol. The number of nitro benzene ring substituents is 2. The van der Waals surface area contributed by atoms with E-state index in [1.807, 2.05) is 0 Å². The maximum absolute atomic E-state index is 12.2. The van der Waals surface area contributed by atoms with Crippen LogP contribution in [0, 0.1) is 20.2 Å². The number of esters is 1. The molecule has 1 aromatic carbocycles. The van der Waals surface area contributed by atoms with E-state index in [9.17, 15) is 43.0 Å². The molecule has 0 aliphatic rings. The Morgan fingerprint density at radius 3 is 2.05 bits per heavy atom. The van der Waals surface area contributed by atoms with Gasteiger partial charge in [0.05, 0.1) is 22.5 Å². The lowest BCUT2D eigenvalue weighted by molar-refractivity contribution is -0.601. The summed E-state index contributed by atoms with van der Waals surface area (Å²) in [6.07, 6.45) is 6.61. The van der Waals surface area contributed by atoms with Gasteiger partial charge in [-0.05, 0) is 12.8 Å². The van der Waals surface area contributed by atoms with Gasteiger partial charge in [0.15, 0.2) is 22.5 Å². The number of methoxy groups -OCH3 is 1. The van der Waals surface area contributed by atoms with E-state index >= 15 is 0 Å². The number of carbonyl (C=O) groups is 2. The van der Waals surface area contributed by atoms with E-state index in [-0.39, 0.29) is 23.3 Å². The van der Waals surface area contributed by atoms with Crippen molar-refractivity contribution in [2.75, 3.05) is 13.7 Å². The number of non-ortho nitro benzene ring substituents is 1. The number of nitrogens with one attached hydrogen (secondary N) is 1. The minimum absolute atomic E-state index is 0.148. The first-order valence-corrected chi connectivity index (χ1v) is 12.3. The van der Waals surface area contributed by atoms with Crippen LogP contribution in [-0.2, 0) is 19.6 Å². The molecule has 39 heavy (non-hydrogen) atoms. The van der Waals surface area contributed by atoms with E-state index in [0.29, 0.717) is 18.5 Å². The Morgan fingerprint density at radius 2 is 1.56 bits per heavy atom. The van der Waals surface area contributed by atoms with Crippen molar-refractivity contribution in [3.63, 3.8) is 0 Å². The molecule has 0 aliphatic carbocycles. The van der Waals surface area contributed by atoms with Crippen LogP contribution in [0.3, 0.4) is 0 Å². The zero-order valence-electron chi connectivity index (χ0n) is 20.3. The van der Waals surface area contributed by atoms with E-state index in [2.05, 4.69) is 10.1 Å².